The van der Waals surface area contributed by atoms with Gasteiger partial charge in [-0.05, 0) is 6.54 Å². The highest BCUT2D eigenvalue weighted by Gasteiger charge is 2.26. The summed E-state index contributed by atoms with van der Waals surface area (Å²) in [5, 5.41) is 0. The normalized spacial score (nSPS) is 21.9. The van der Waals surface area contributed by atoms with Gasteiger partial charge >= 0.3 is 0 Å². The highest BCUT2D eigenvalue weighted by atomic mass is 16.5. The molecule has 1 aliphatic rings. The second kappa shape index (κ2) is 5.23. The minimum atomic E-state index is -0.295. The van der Waals surface area contributed by atoms with Gasteiger partial charge in [0, 0.05) is 18.7 Å². The molecule has 2 rings (SSSR count). The van der Waals surface area contributed by atoms with Gasteiger partial charge in [0.1, 0.15) is 6.10 Å². The fourth-order valence-corrected chi connectivity index (χ4v) is 1.94. The Morgan fingerprint density at radius 2 is 2.19 bits per heavy atom. The molecule has 1 aromatic rings. The van der Waals surface area contributed by atoms with Crippen molar-refractivity contribution < 1.29 is 9.53 Å². The summed E-state index contributed by atoms with van der Waals surface area (Å²) in [6.45, 7) is 5.37. The van der Waals surface area contributed by atoms with Crippen molar-refractivity contribution in [2.75, 3.05) is 26.2 Å². The van der Waals surface area contributed by atoms with Gasteiger partial charge in [0.15, 0.2) is 5.78 Å². The van der Waals surface area contributed by atoms with Gasteiger partial charge < -0.3 is 4.74 Å². The minimum absolute atomic E-state index is 0.0961. The second-order valence-corrected chi connectivity index (χ2v) is 3.98. The molecule has 1 fully saturated rings. The molecule has 0 bridgehead atoms. The van der Waals surface area contributed by atoms with Crippen molar-refractivity contribution in [2.24, 2.45) is 0 Å². The summed E-state index contributed by atoms with van der Waals surface area (Å²) in [6.07, 6.45) is -0.295. The van der Waals surface area contributed by atoms with Crippen LogP contribution in [0, 0.1) is 0 Å². The SMILES string of the molecule is CCN1CCOC(C(=O)c2ccccc2)C1. The lowest BCUT2D eigenvalue weighted by atomic mass is 10.1. The Kier molecular flexibility index (Phi) is 3.70. The van der Waals surface area contributed by atoms with E-state index >= 15 is 0 Å². The number of likely N-dealkylation sites (N-methyl/N-ethyl adjacent to an activating group) is 1. The van der Waals surface area contributed by atoms with Crippen LogP contribution in [0.2, 0.25) is 0 Å². The van der Waals surface area contributed by atoms with Gasteiger partial charge in [0.05, 0.1) is 6.61 Å². The van der Waals surface area contributed by atoms with Crippen molar-refractivity contribution in [2.45, 2.75) is 13.0 Å². The standard InChI is InChI=1S/C13H17NO2/c1-2-14-8-9-16-12(10-14)13(15)11-6-4-3-5-7-11/h3-7,12H,2,8-10H2,1H3. The van der Waals surface area contributed by atoms with E-state index in [1.54, 1.807) is 0 Å². The third-order valence-electron chi connectivity index (χ3n) is 2.95. The van der Waals surface area contributed by atoms with Crippen molar-refractivity contribution in [3.63, 3.8) is 0 Å². The van der Waals surface area contributed by atoms with Crippen LogP contribution in [0.25, 0.3) is 0 Å². The van der Waals surface area contributed by atoms with E-state index in [0.717, 1.165) is 18.7 Å². The van der Waals surface area contributed by atoms with Gasteiger partial charge in [-0.2, -0.15) is 0 Å². The molecular weight excluding hydrogens is 202 g/mol. The van der Waals surface area contributed by atoms with Crippen LogP contribution in [-0.2, 0) is 4.74 Å². The van der Waals surface area contributed by atoms with E-state index in [9.17, 15) is 4.79 Å². The van der Waals surface area contributed by atoms with E-state index < -0.39 is 0 Å². The summed E-state index contributed by atoms with van der Waals surface area (Å²) in [7, 11) is 0. The molecule has 0 N–H and O–H groups in total. The first-order valence-corrected chi connectivity index (χ1v) is 5.74. The van der Waals surface area contributed by atoms with Crippen molar-refractivity contribution >= 4 is 5.78 Å². The van der Waals surface area contributed by atoms with Crippen LogP contribution in [0.3, 0.4) is 0 Å². The maximum absolute atomic E-state index is 12.1. The zero-order chi connectivity index (χ0) is 11.4. The topological polar surface area (TPSA) is 29.5 Å². The average molecular weight is 219 g/mol. The van der Waals surface area contributed by atoms with Crippen LogP contribution in [0.4, 0.5) is 0 Å². The van der Waals surface area contributed by atoms with Crippen molar-refractivity contribution in [1.29, 1.82) is 0 Å². The van der Waals surface area contributed by atoms with Crippen molar-refractivity contribution in [3.8, 4) is 0 Å². The van der Waals surface area contributed by atoms with E-state index in [2.05, 4.69) is 11.8 Å². The summed E-state index contributed by atoms with van der Waals surface area (Å²) in [6, 6.07) is 9.37. The monoisotopic (exact) mass is 219 g/mol. The zero-order valence-electron chi connectivity index (χ0n) is 9.56. The number of nitrogens with zero attached hydrogens (tertiary/aromatic N) is 1. The number of carbonyl (C=O) groups is 1. The molecule has 0 spiro atoms. The molecule has 1 aliphatic heterocycles. The van der Waals surface area contributed by atoms with E-state index in [4.69, 9.17) is 4.74 Å². The molecule has 0 saturated carbocycles. The van der Waals surface area contributed by atoms with Gasteiger partial charge in [-0.3, -0.25) is 9.69 Å². The van der Waals surface area contributed by atoms with E-state index in [1.165, 1.54) is 0 Å². The van der Waals surface area contributed by atoms with Crippen LogP contribution in [-0.4, -0.2) is 43.0 Å². The molecule has 3 nitrogen and oxygen atoms in total. The molecule has 16 heavy (non-hydrogen) atoms. The molecule has 0 radical (unpaired) electrons. The smallest absolute Gasteiger partial charge is 0.192 e. The van der Waals surface area contributed by atoms with Crippen LogP contribution in [0.1, 0.15) is 17.3 Å². The second-order valence-electron chi connectivity index (χ2n) is 3.98. The van der Waals surface area contributed by atoms with Gasteiger partial charge in [0.25, 0.3) is 0 Å². The molecule has 1 heterocycles. The molecule has 0 aromatic heterocycles. The Morgan fingerprint density at radius 3 is 2.88 bits per heavy atom. The fourth-order valence-electron chi connectivity index (χ4n) is 1.94. The van der Waals surface area contributed by atoms with Crippen LogP contribution in [0.15, 0.2) is 30.3 Å². The van der Waals surface area contributed by atoms with E-state index in [-0.39, 0.29) is 11.9 Å². The number of carbonyl (C=O) groups excluding carboxylic acids is 1. The molecule has 3 heteroatoms. The van der Waals surface area contributed by atoms with Crippen LogP contribution in [0.5, 0.6) is 0 Å². The first-order valence-electron chi connectivity index (χ1n) is 5.74. The maximum atomic E-state index is 12.1. The molecule has 1 unspecified atom stereocenters. The van der Waals surface area contributed by atoms with E-state index in [1.807, 2.05) is 30.3 Å². The fraction of sp³-hybridized carbons (Fsp3) is 0.462. The minimum Gasteiger partial charge on any atom is -0.367 e. The Bertz CT molecular complexity index is 350. The van der Waals surface area contributed by atoms with Gasteiger partial charge in [-0.1, -0.05) is 37.3 Å². The third-order valence-corrected chi connectivity index (χ3v) is 2.95. The number of benzene rings is 1. The Hall–Kier alpha value is -1.19. The number of morpholine rings is 1. The Morgan fingerprint density at radius 1 is 1.44 bits per heavy atom. The van der Waals surface area contributed by atoms with Gasteiger partial charge in [-0.25, -0.2) is 0 Å². The molecule has 0 aliphatic carbocycles. The van der Waals surface area contributed by atoms with Gasteiger partial charge in [0.2, 0.25) is 0 Å². The predicted molar refractivity (Wildman–Crippen MR) is 62.6 cm³/mol. The van der Waals surface area contributed by atoms with Crippen molar-refractivity contribution in [3.05, 3.63) is 35.9 Å². The first-order chi connectivity index (χ1) is 7.81. The largest absolute Gasteiger partial charge is 0.367 e. The summed E-state index contributed by atoms with van der Waals surface area (Å²) in [4.78, 5) is 14.4. The Labute approximate surface area is 96.0 Å². The van der Waals surface area contributed by atoms with Crippen molar-refractivity contribution in [1.82, 2.24) is 4.90 Å². The number of ketones is 1. The summed E-state index contributed by atoms with van der Waals surface area (Å²) in [5.41, 5.74) is 0.741. The highest BCUT2D eigenvalue weighted by molar-refractivity contribution is 5.99. The van der Waals surface area contributed by atoms with Crippen LogP contribution >= 0.6 is 0 Å². The highest BCUT2D eigenvalue weighted by Crippen LogP contribution is 2.11. The summed E-state index contributed by atoms with van der Waals surface area (Å²) < 4.78 is 5.54. The number of hydrogen-bond donors (Lipinski definition) is 0. The summed E-state index contributed by atoms with van der Waals surface area (Å²) in [5.74, 6) is 0.0961. The third kappa shape index (κ3) is 2.49. The molecule has 1 atom stereocenters. The molecule has 0 amide bonds. The van der Waals surface area contributed by atoms with Crippen LogP contribution < -0.4 is 0 Å². The first kappa shape index (κ1) is 11.3. The van der Waals surface area contributed by atoms with E-state index in [0.29, 0.717) is 13.2 Å². The maximum Gasteiger partial charge on any atom is 0.192 e. The number of Topliss-reactive ketones (excluding diaryl/α,β-unsaturated/α-hetero) is 1. The van der Waals surface area contributed by atoms with Gasteiger partial charge in [-0.15, -0.1) is 0 Å². The molecule has 1 saturated heterocycles. The molecule has 86 valence electrons. The quantitative estimate of drug-likeness (QED) is 0.723. The number of rotatable bonds is 3. The number of hydrogen-bond acceptors (Lipinski definition) is 3. The Balaban J connectivity index is 2.05. The lowest BCUT2D eigenvalue weighted by molar-refractivity contribution is -0.0148. The number of ether oxygens (including phenoxy) is 1. The lowest BCUT2D eigenvalue weighted by Crippen LogP contribution is -2.45. The molecule has 1 aromatic carbocycles. The predicted octanol–water partition coefficient (Wildman–Crippen LogP) is 1.59. The lowest BCUT2D eigenvalue weighted by Gasteiger charge is -2.31. The zero-order valence-corrected chi connectivity index (χ0v) is 9.56. The average Bonchev–Trinajstić information content (AvgIpc) is 2.39. The molecular formula is C13H17NO2. The summed E-state index contributed by atoms with van der Waals surface area (Å²) >= 11 is 0.